The van der Waals surface area contributed by atoms with Crippen molar-refractivity contribution in [3.8, 4) is 5.75 Å². The van der Waals surface area contributed by atoms with Gasteiger partial charge in [-0.1, -0.05) is 60.7 Å². The van der Waals surface area contributed by atoms with Crippen LogP contribution in [0, 0.1) is 0 Å². The number of thiol groups is 1. The Balaban J connectivity index is 1.67. The van der Waals surface area contributed by atoms with Crippen LogP contribution in [0.3, 0.4) is 0 Å². The molecule has 0 heterocycles. The number of amides is 1. The maximum absolute atomic E-state index is 12.4. The van der Waals surface area contributed by atoms with Crippen molar-refractivity contribution in [1.82, 2.24) is 0 Å². The highest BCUT2D eigenvalue weighted by Crippen LogP contribution is 2.28. The van der Waals surface area contributed by atoms with Crippen LogP contribution in [0.1, 0.15) is 27.6 Å². The molecule has 3 aromatic carbocycles. The van der Waals surface area contributed by atoms with Gasteiger partial charge in [-0.2, -0.15) is 12.6 Å². The van der Waals surface area contributed by atoms with Crippen LogP contribution in [-0.4, -0.2) is 11.9 Å². The van der Waals surface area contributed by atoms with E-state index in [-0.39, 0.29) is 17.6 Å². The maximum atomic E-state index is 12.4. The van der Waals surface area contributed by atoms with Gasteiger partial charge in [-0.25, -0.2) is 0 Å². The molecule has 3 rings (SSSR count). The maximum Gasteiger partial charge on any atom is 0.312 e. The summed E-state index contributed by atoms with van der Waals surface area (Å²) < 4.78 is 5.47. The van der Waals surface area contributed by atoms with Gasteiger partial charge in [0.05, 0.1) is 12.1 Å². The number of rotatable bonds is 6. The van der Waals surface area contributed by atoms with Crippen molar-refractivity contribution in [1.29, 1.82) is 0 Å². The topological polar surface area (TPSA) is 55.4 Å². The number of esters is 1. The van der Waals surface area contributed by atoms with E-state index in [1.54, 1.807) is 48.5 Å². The van der Waals surface area contributed by atoms with Gasteiger partial charge in [0.1, 0.15) is 0 Å². The van der Waals surface area contributed by atoms with Crippen molar-refractivity contribution in [2.45, 2.75) is 11.7 Å². The zero-order valence-corrected chi connectivity index (χ0v) is 15.4. The number of para-hydroxylation sites is 2. The van der Waals surface area contributed by atoms with Gasteiger partial charge >= 0.3 is 5.97 Å². The molecule has 0 aromatic heterocycles. The van der Waals surface area contributed by atoms with Gasteiger partial charge in [-0.05, 0) is 29.8 Å². The Morgan fingerprint density at radius 3 is 2.15 bits per heavy atom. The first kappa shape index (κ1) is 18.7. The average Bonchev–Trinajstić information content (AvgIpc) is 2.70. The molecule has 27 heavy (non-hydrogen) atoms. The summed E-state index contributed by atoms with van der Waals surface area (Å²) >= 11 is 4.48. The van der Waals surface area contributed by atoms with E-state index in [2.05, 4.69) is 17.9 Å². The van der Waals surface area contributed by atoms with E-state index >= 15 is 0 Å². The van der Waals surface area contributed by atoms with E-state index in [1.165, 1.54) is 0 Å². The van der Waals surface area contributed by atoms with Crippen LogP contribution in [0.15, 0.2) is 84.9 Å². The zero-order valence-electron chi connectivity index (χ0n) is 14.5. The number of hydrogen-bond acceptors (Lipinski definition) is 4. The Kier molecular flexibility index (Phi) is 6.28. The van der Waals surface area contributed by atoms with E-state index in [1.807, 2.05) is 36.4 Å². The van der Waals surface area contributed by atoms with Crippen LogP contribution in [0.25, 0.3) is 0 Å². The van der Waals surface area contributed by atoms with Gasteiger partial charge in [0.25, 0.3) is 5.91 Å². The predicted molar refractivity (Wildman–Crippen MR) is 109 cm³/mol. The molecule has 0 saturated heterocycles. The van der Waals surface area contributed by atoms with Gasteiger partial charge in [0.2, 0.25) is 0 Å². The second kappa shape index (κ2) is 9.05. The Hall–Kier alpha value is -3.05. The van der Waals surface area contributed by atoms with Crippen molar-refractivity contribution in [3.05, 3.63) is 96.1 Å². The molecule has 1 atom stereocenters. The van der Waals surface area contributed by atoms with Crippen molar-refractivity contribution in [3.63, 3.8) is 0 Å². The molecule has 0 saturated carbocycles. The summed E-state index contributed by atoms with van der Waals surface area (Å²) in [5.41, 5.74) is 1.91. The van der Waals surface area contributed by atoms with Gasteiger partial charge in [-0.15, -0.1) is 0 Å². The summed E-state index contributed by atoms with van der Waals surface area (Å²) in [5.74, 6) is -0.379. The summed E-state index contributed by atoms with van der Waals surface area (Å²) in [7, 11) is 0. The molecule has 0 spiro atoms. The van der Waals surface area contributed by atoms with E-state index < -0.39 is 5.97 Å². The first-order chi connectivity index (χ1) is 13.1. The number of carbonyl (C=O) groups is 2. The molecule has 136 valence electrons. The van der Waals surface area contributed by atoms with Gasteiger partial charge in [0.15, 0.2) is 5.75 Å². The number of benzene rings is 3. The molecule has 0 aliphatic rings. The third-order valence-electron chi connectivity index (χ3n) is 3.94. The largest absolute Gasteiger partial charge is 0.424 e. The fourth-order valence-electron chi connectivity index (χ4n) is 2.56. The summed E-state index contributed by atoms with van der Waals surface area (Å²) in [6, 6.07) is 25.3. The fourth-order valence-corrected chi connectivity index (χ4v) is 2.88. The van der Waals surface area contributed by atoms with Crippen LogP contribution in [0.5, 0.6) is 5.75 Å². The minimum absolute atomic E-state index is 0.119. The lowest BCUT2D eigenvalue weighted by Crippen LogP contribution is -2.15. The fraction of sp³-hybridized carbons (Fsp3) is 0.0909. The highest BCUT2D eigenvalue weighted by molar-refractivity contribution is 7.80. The second-order valence-corrected chi connectivity index (χ2v) is 6.54. The van der Waals surface area contributed by atoms with E-state index in [4.69, 9.17) is 4.74 Å². The summed E-state index contributed by atoms with van der Waals surface area (Å²) in [5, 5.41) is 2.52. The first-order valence-corrected chi connectivity index (χ1v) is 9.04. The molecule has 5 heteroatoms. The minimum Gasteiger partial charge on any atom is -0.424 e. The van der Waals surface area contributed by atoms with Crippen molar-refractivity contribution in [2.75, 3.05) is 5.32 Å². The Morgan fingerprint density at radius 2 is 1.44 bits per heavy atom. The molecule has 0 radical (unpaired) electrons. The van der Waals surface area contributed by atoms with Crippen LogP contribution >= 0.6 is 12.6 Å². The number of ether oxygens (including phenoxy) is 1. The van der Waals surface area contributed by atoms with Crippen molar-refractivity contribution in [2.24, 2.45) is 0 Å². The molecule has 0 aliphatic heterocycles. The van der Waals surface area contributed by atoms with Gasteiger partial charge in [0, 0.05) is 10.8 Å². The lowest BCUT2D eigenvalue weighted by atomic mass is 10.1. The lowest BCUT2D eigenvalue weighted by molar-refractivity contribution is -0.134. The molecular weight excluding hydrogens is 358 g/mol. The molecule has 0 aliphatic carbocycles. The minimum atomic E-state index is -0.416. The van der Waals surface area contributed by atoms with Crippen molar-refractivity contribution >= 4 is 30.2 Å². The second-order valence-electron chi connectivity index (χ2n) is 5.92. The first-order valence-electron chi connectivity index (χ1n) is 8.52. The van der Waals surface area contributed by atoms with Crippen LogP contribution in [0.4, 0.5) is 5.69 Å². The Morgan fingerprint density at radius 1 is 0.852 bits per heavy atom. The van der Waals surface area contributed by atoms with E-state index in [0.717, 1.165) is 5.56 Å². The molecule has 0 bridgehead atoms. The molecule has 4 nitrogen and oxygen atoms in total. The highest BCUT2D eigenvalue weighted by atomic mass is 32.1. The third-order valence-corrected chi connectivity index (χ3v) is 4.42. The van der Waals surface area contributed by atoms with Gasteiger partial charge in [-0.3, -0.25) is 9.59 Å². The van der Waals surface area contributed by atoms with Gasteiger partial charge < -0.3 is 10.1 Å². The van der Waals surface area contributed by atoms with Crippen molar-refractivity contribution < 1.29 is 14.3 Å². The number of anilines is 1. The smallest absolute Gasteiger partial charge is 0.312 e. The normalized spacial score (nSPS) is 11.4. The molecular formula is C22H19NO3S. The SMILES string of the molecule is O=C(CC(S)c1ccccc1)Oc1ccccc1NC(=O)c1ccccc1. The van der Waals surface area contributed by atoms with E-state index in [0.29, 0.717) is 17.0 Å². The molecule has 1 amide bonds. The Labute approximate surface area is 163 Å². The van der Waals surface area contributed by atoms with Crippen LogP contribution in [-0.2, 0) is 4.79 Å². The standard InChI is InChI=1S/C22H19NO3S/c24-21(15-20(27)16-9-3-1-4-10-16)26-19-14-8-7-13-18(19)23-22(25)17-11-5-2-6-12-17/h1-14,20,27H,15H2,(H,23,25). The zero-order chi connectivity index (χ0) is 19.1. The number of hydrogen-bond donors (Lipinski definition) is 2. The van der Waals surface area contributed by atoms with Crippen LogP contribution < -0.4 is 10.1 Å². The third kappa shape index (κ3) is 5.21. The summed E-state index contributed by atoms with van der Waals surface area (Å²) in [4.78, 5) is 24.7. The highest BCUT2D eigenvalue weighted by Gasteiger charge is 2.16. The van der Waals surface area contributed by atoms with Crippen LogP contribution in [0.2, 0.25) is 0 Å². The molecule has 0 fully saturated rings. The summed E-state index contributed by atoms with van der Waals surface area (Å²) in [6.07, 6.45) is 0.119. The average molecular weight is 377 g/mol. The predicted octanol–water partition coefficient (Wildman–Crippen LogP) is 4.91. The number of carbonyl (C=O) groups excluding carboxylic acids is 2. The van der Waals surface area contributed by atoms with E-state index in [9.17, 15) is 9.59 Å². The summed E-state index contributed by atoms with van der Waals surface area (Å²) in [6.45, 7) is 0. The lowest BCUT2D eigenvalue weighted by Gasteiger charge is -2.13. The molecule has 1 N–H and O–H groups in total. The quantitative estimate of drug-likeness (QED) is 0.365. The molecule has 3 aromatic rings. The Bertz CT molecular complexity index is 913. The monoisotopic (exact) mass is 377 g/mol. The molecule has 1 unspecified atom stereocenters. The number of nitrogens with one attached hydrogen (secondary N) is 1.